The molecular formula is C8H5Cl2F3O2S. The van der Waals surface area contributed by atoms with Crippen LogP contribution < -0.4 is 4.18 Å². The fraction of sp³-hybridized carbons (Fsp3) is 0.250. The Morgan fingerprint density at radius 2 is 1.62 bits per heavy atom. The largest absolute Gasteiger partial charge is 0.437 e. The number of rotatable bonds is 3. The molecule has 0 aliphatic rings. The molecule has 1 aromatic rings. The fourth-order valence-electron chi connectivity index (χ4n) is 0.710. The minimum atomic E-state index is -5.05. The third kappa shape index (κ3) is 3.02. The summed E-state index contributed by atoms with van der Waals surface area (Å²) in [5, 5.41) is 0. The van der Waals surface area contributed by atoms with E-state index in [0.717, 1.165) is 0 Å². The van der Waals surface area contributed by atoms with Crippen LogP contribution in [0.15, 0.2) is 30.3 Å². The maximum absolute atomic E-state index is 12.2. The number of halogens is 5. The smallest absolute Gasteiger partial charge is 0.398 e. The molecule has 0 saturated heterocycles. The van der Waals surface area contributed by atoms with E-state index in [4.69, 9.17) is 23.2 Å². The number of para-hydroxylation sites is 1. The van der Waals surface area contributed by atoms with Crippen LogP contribution in [0.25, 0.3) is 0 Å². The molecule has 0 saturated carbocycles. The monoisotopic (exact) mass is 292 g/mol. The molecule has 16 heavy (non-hydrogen) atoms. The van der Waals surface area contributed by atoms with Crippen molar-refractivity contribution < 1.29 is 21.6 Å². The van der Waals surface area contributed by atoms with Gasteiger partial charge in [0.05, 0.1) is 0 Å². The van der Waals surface area contributed by atoms with Gasteiger partial charge in [-0.3, -0.25) is 0 Å². The molecule has 1 aromatic carbocycles. The highest BCUT2D eigenvalue weighted by Gasteiger charge is 2.59. The van der Waals surface area contributed by atoms with Crippen molar-refractivity contribution in [3.05, 3.63) is 30.3 Å². The summed E-state index contributed by atoms with van der Waals surface area (Å²) in [6, 6.07) is 7.29. The second-order valence-corrected chi connectivity index (χ2v) is 5.67. The van der Waals surface area contributed by atoms with Crippen molar-refractivity contribution in [2.45, 2.75) is 9.84 Å². The summed E-state index contributed by atoms with van der Waals surface area (Å²) in [4.78, 5) is 0. The van der Waals surface area contributed by atoms with Gasteiger partial charge in [-0.1, -0.05) is 41.4 Å². The molecule has 0 radical (unpaired) electrons. The van der Waals surface area contributed by atoms with Crippen molar-refractivity contribution in [1.29, 1.82) is 0 Å². The Kier molecular flexibility index (Phi) is 4.09. The highest BCUT2D eigenvalue weighted by molar-refractivity contribution is 7.85. The molecule has 0 spiro atoms. The minimum Gasteiger partial charge on any atom is -0.398 e. The van der Waals surface area contributed by atoms with E-state index in [1.807, 2.05) is 0 Å². The number of hydrogen-bond donors (Lipinski definition) is 0. The van der Waals surface area contributed by atoms with Crippen molar-refractivity contribution in [1.82, 2.24) is 0 Å². The molecule has 1 atom stereocenters. The first-order valence-corrected chi connectivity index (χ1v) is 5.68. The van der Waals surface area contributed by atoms with Crippen LogP contribution in [0.5, 0.6) is 5.75 Å². The average molecular weight is 293 g/mol. The third-order valence-corrected chi connectivity index (χ3v) is 3.63. The number of alkyl halides is 5. The quantitative estimate of drug-likeness (QED) is 0.798. The molecule has 1 rings (SSSR count). The van der Waals surface area contributed by atoms with Crippen LogP contribution in [0.2, 0.25) is 0 Å². The van der Waals surface area contributed by atoms with Gasteiger partial charge < -0.3 is 4.18 Å². The van der Waals surface area contributed by atoms with Gasteiger partial charge in [0.1, 0.15) is 5.75 Å². The van der Waals surface area contributed by atoms with E-state index < -0.39 is 20.9 Å². The van der Waals surface area contributed by atoms with Gasteiger partial charge in [-0.2, -0.15) is 13.2 Å². The molecule has 0 aliphatic heterocycles. The van der Waals surface area contributed by atoms with Gasteiger partial charge in [-0.05, 0) is 12.1 Å². The van der Waals surface area contributed by atoms with Gasteiger partial charge in [0.2, 0.25) is 0 Å². The number of benzene rings is 1. The lowest BCUT2D eigenvalue weighted by Gasteiger charge is -2.20. The maximum atomic E-state index is 12.2. The second kappa shape index (κ2) is 4.81. The molecule has 1 unspecified atom stereocenters. The summed E-state index contributed by atoms with van der Waals surface area (Å²) >= 11 is 6.91. The van der Waals surface area contributed by atoms with Crippen LogP contribution in [-0.2, 0) is 11.1 Å². The normalized spacial score (nSPS) is 14.6. The number of hydrogen-bond acceptors (Lipinski definition) is 2. The standard InChI is InChI=1S/C8H5Cl2F3O2S/c9-7(10,8(11,12)13)16(14)15-6-4-2-1-3-5-6/h1-5H. The highest BCUT2D eigenvalue weighted by Crippen LogP contribution is 2.43. The summed E-state index contributed by atoms with van der Waals surface area (Å²) < 4.78 is 49.0. The summed E-state index contributed by atoms with van der Waals surface area (Å²) in [6.07, 6.45) is -5.05. The molecule has 0 amide bonds. The summed E-state index contributed by atoms with van der Waals surface area (Å²) in [6.45, 7) is 0. The maximum Gasteiger partial charge on any atom is 0.437 e. The van der Waals surface area contributed by atoms with Crippen LogP contribution in [0, 0.1) is 0 Å². The van der Waals surface area contributed by atoms with E-state index in [0.29, 0.717) is 0 Å². The van der Waals surface area contributed by atoms with Crippen molar-refractivity contribution in [2.24, 2.45) is 0 Å². The molecule has 0 fully saturated rings. The lowest BCUT2D eigenvalue weighted by atomic mass is 10.3. The lowest BCUT2D eigenvalue weighted by molar-refractivity contribution is -0.124. The fourth-order valence-corrected chi connectivity index (χ4v) is 1.48. The van der Waals surface area contributed by atoms with Crippen LogP contribution >= 0.6 is 23.2 Å². The van der Waals surface area contributed by atoms with Gasteiger partial charge in [0.15, 0.2) is 0 Å². The topological polar surface area (TPSA) is 26.3 Å². The SMILES string of the molecule is O=S(Oc1ccccc1)C(Cl)(Cl)C(F)(F)F. The van der Waals surface area contributed by atoms with E-state index >= 15 is 0 Å². The molecule has 90 valence electrons. The van der Waals surface area contributed by atoms with Crippen molar-refractivity contribution in [2.75, 3.05) is 0 Å². The van der Waals surface area contributed by atoms with Crippen molar-refractivity contribution in [3.63, 3.8) is 0 Å². The van der Waals surface area contributed by atoms with E-state index in [2.05, 4.69) is 4.18 Å². The van der Waals surface area contributed by atoms with E-state index in [9.17, 15) is 17.4 Å². The zero-order valence-corrected chi connectivity index (χ0v) is 9.83. The summed E-state index contributed by atoms with van der Waals surface area (Å²) in [7, 11) is 0. The summed E-state index contributed by atoms with van der Waals surface area (Å²) in [5.41, 5.74) is 0. The zero-order chi connectivity index (χ0) is 12.4. The molecule has 0 N–H and O–H groups in total. The van der Waals surface area contributed by atoms with Crippen LogP contribution in [0.4, 0.5) is 13.2 Å². The Morgan fingerprint density at radius 1 is 1.12 bits per heavy atom. The first-order chi connectivity index (χ1) is 7.25. The van der Waals surface area contributed by atoms with Crippen LogP contribution in [-0.4, -0.2) is 14.1 Å². The Hall–Kier alpha value is -0.460. The minimum absolute atomic E-state index is 0.0178. The molecule has 0 bridgehead atoms. The summed E-state index contributed by atoms with van der Waals surface area (Å²) in [5.74, 6) is -0.0178. The Morgan fingerprint density at radius 3 is 2.06 bits per heavy atom. The first-order valence-electron chi connectivity index (χ1n) is 3.85. The van der Waals surface area contributed by atoms with Gasteiger partial charge in [0, 0.05) is 0 Å². The predicted octanol–water partition coefficient (Wildman–Crippen LogP) is 3.42. The molecule has 0 aromatic heterocycles. The molecule has 2 nitrogen and oxygen atoms in total. The highest BCUT2D eigenvalue weighted by atomic mass is 35.5. The molecule has 8 heteroatoms. The predicted molar refractivity (Wildman–Crippen MR) is 55.7 cm³/mol. The van der Waals surface area contributed by atoms with E-state index in [1.165, 1.54) is 24.3 Å². The Balaban J connectivity index is 2.81. The van der Waals surface area contributed by atoms with Crippen molar-refractivity contribution >= 4 is 34.3 Å². The van der Waals surface area contributed by atoms with Crippen LogP contribution in [0.1, 0.15) is 0 Å². The Labute approximate surface area is 102 Å². The first kappa shape index (κ1) is 13.6. The zero-order valence-electron chi connectivity index (χ0n) is 7.50. The molecular weight excluding hydrogens is 288 g/mol. The van der Waals surface area contributed by atoms with Crippen LogP contribution in [0.3, 0.4) is 0 Å². The van der Waals surface area contributed by atoms with Gasteiger partial charge in [-0.25, -0.2) is 4.21 Å². The average Bonchev–Trinajstić information content (AvgIpc) is 2.17. The molecule has 0 aliphatic carbocycles. The lowest BCUT2D eigenvalue weighted by Crippen LogP contribution is -2.40. The Bertz CT molecular complexity index is 381. The third-order valence-electron chi connectivity index (χ3n) is 1.45. The van der Waals surface area contributed by atoms with E-state index in [1.54, 1.807) is 6.07 Å². The van der Waals surface area contributed by atoms with Gasteiger partial charge >= 0.3 is 9.84 Å². The van der Waals surface area contributed by atoms with Gasteiger partial charge in [-0.15, -0.1) is 0 Å². The van der Waals surface area contributed by atoms with E-state index in [-0.39, 0.29) is 5.75 Å². The van der Waals surface area contributed by atoms with Crippen molar-refractivity contribution in [3.8, 4) is 5.75 Å². The molecule has 0 heterocycles. The second-order valence-electron chi connectivity index (χ2n) is 2.65. The van der Waals surface area contributed by atoms with Gasteiger partial charge in [0.25, 0.3) is 11.1 Å².